The van der Waals surface area contributed by atoms with Gasteiger partial charge in [-0.2, -0.15) is 0 Å². The van der Waals surface area contributed by atoms with E-state index in [9.17, 15) is 19.7 Å². The average Bonchev–Trinajstić information content (AvgIpc) is 3.31. The standard InChI is InChI=1S/C22H21N3O6S/c1-30-19-11-17(18(25(28)29)12-20(19)31-2)22(27)24-15-7-5-14(6-8-15)10-21(26)23-13-16-4-3-9-32-16/h3-9,11-12H,10,13H2,1-2H3,(H,23,26)(H,24,27). The molecule has 3 aromatic rings. The van der Waals surface area contributed by atoms with Crippen molar-refractivity contribution in [2.24, 2.45) is 0 Å². The summed E-state index contributed by atoms with van der Waals surface area (Å²) in [5.41, 5.74) is 0.634. The van der Waals surface area contributed by atoms with Gasteiger partial charge in [0.15, 0.2) is 11.5 Å². The van der Waals surface area contributed by atoms with Crippen molar-refractivity contribution in [3.63, 3.8) is 0 Å². The predicted molar refractivity (Wildman–Crippen MR) is 120 cm³/mol. The second kappa shape index (κ2) is 10.4. The Labute approximate surface area is 188 Å². The number of nitro benzene ring substituents is 1. The molecule has 2 N–H and O–H groups in total. The van der Waals surface area contributed by atoms with Gasteiger partial charge in [0.25, 0.3) is 11.6 Å². The van der Waals surface area contributed by atoms with Gasteiger partial charge in [-0.3, -0.25) is 19.7 Å². The molecule has 2 amide bonds. The smallest absolute Gasteiger partial charge is 0.286 e. The summed E-state index contributed by atoms with van der Waals surface area (Å²) in [6.07, 6.45) is 0.195. The quantitative estimate of drug-likeness (QED) is 0.374. The molecule has 0 unspecified atom stereocenters. The Balaban J connectivity index is 1.66. The number of anilines is 1. The van der Waals surface area contributed by atoms with Gasteiger partial charge in [-0.05, 0) is 29.1 Å². The first-order valence-electron chi connectivity index (χ1n) is 9.51. The van der Waals surface area contributed by atoms with E-state index in [0.717, 1.165) is 16.5 Å². The molecular formula is C22H21N3O6S. The van der Waals surface area contributed by atoms with Gasteiger partial charge >= 0.3 is 0 Å². The molecule has 9 nitrogen and oxygen atoms in total. The first-order chi connectivity index (χ1) is 15.4. The van der Waals surface area contributed by atoms with E-state index in [0.29, 0.717) is 12.2 Å². The van der Waals surface area contributed by atoms with Gasteiger partial charge in [-0.15, -0.1) is 11.3 Å². The molecule has 0 aliphatic carbocycles. The summed E-state index contributed by atoms with van der Waals surface area (Å²) in [6.45, 7) is 0.481. The number of nitrogens with zero attached hydrogens (tertiary/aromatic N) is 1. The van der Waals surface area contributed by atoms with E-state index in [4.69, 9.17) is 9.47 Å². The lowest BCUT2D eigenvalue weighted by Crippen LogP contribution is -2.24. The minimum absolute atomic E-state index is 0.115. The van der Waals surface area contributed by atoms with Crippen LogP contribution in [0.1, 0.15) is 20.8 Å². The first-order valence-corrected chi connectivity index (χ1v) is 10.4. The highest BCUT2D eigenvalue weighted by Gasteiger charge is 2.24. The van der Waals surface area contributed by atoms with Crippen molar-refractivity contribution in [3.8, 4) is 11.5 Å². The van der Waals surface area contributed by atoms with Crippen LogP contribution in [0, 0.1) is 10.1 Å². The lowest BCUT2D eigenvalue weighted by atomic mass is 10.1. The van der Waals surface area contributed by atoms with E-state index in [1.54, 1.807) is 35.6 Å². The van der Waals surface area contributed by atoms with Crippen molar-refractivity contribution < 1.29 is 24.0 Å². The van der Waals surface area contributed by atoms with Gasteiger partial charge in [-0.25, -0.2) is 0 Å². The van der Waals surface area contributed by atoms with Crippen LogP contribution in [0.4, 0.5) is 11.4 Å². The van der Waals surface area contributed by atoms with Crippen LogP contribution in [0.2, 0.25) is 0 Å². The number of rotatable bonds is 9. The fourth-order valence-corrected chi connectivity index (χ4v) is 3.60. The minimum Gasteiger partial charge on any atom is -0.493 e. The first kappa shape index (κ1) is 22.8. The number of ether oxygens (including phenoxy) is 2. The zero-order valence-corrected chi connectivity index (χ0v) is 18.2. The fraction of sp³-hybridized carbons (Fsp3) is 0.182. The molecule has 0 aliphatic rings. The third kappa shape index (κ3) is 5.61. The van der Waals surface area contributed by atoms with E-state index in [1.165, 1.54) is 20.3 Å². The molecule has 0 saturated heterocycles. The average molecular weight is 455 g/mol. The van der Waals surface area contributed by atoms with Crippen molar-refractivity contribution in [2.75, 3.05) is 19.5 Å². The zero-order chi connectivity index (χ0) is 23.1. The topological polar surface area (TPSA) is 120 Å². The summed E-state index contributed by atoms with van der Waals surface area (Å²) in [5, 5.41) is 18.8. The predicted octanol–water partition coefficient (Wildman–Crippen LogP) is 3.78. The van der Waals surface area contributed by atoms with E-state index in [-0.39, 0.29) is 29.4 Å². The van der Waals surface area contributed by atoms with E-state index < -0.39 is 16.5 Å². The molecule has 10 heteroatoms. The number of amides is 2. The van der Waals surface area contributed by atoms with Gasteiger partial charge in [-0.1, -0.05) is 18.2 Å². The lowest BCUT2D eigenvalue weighted by Gasteiger charge is -2.11. The Morgan fingerprint density at radius 1 is 1.06 bits per heavy atom. The molecule has 1 aromatic heterocycles. The summed E-state index contributed by atoms with van der Waals surface area (Å²) in [7, 11) is 2.73. The zero-order valence-electron chi connectivity index (χ0n) is 17.4. The van der Waals surface area contributed by atoms with Gasteiger partial charge in [0.1, 0.15) is 5.56 Å². The highest BCUT2D eigenvalue weighted by molar-refractivity contribution is 7.09. The Kier molecular flexibility index (Phi) is 7.40. The number of hydrogen-bond acceptors (Lipinski definition) is 7. The molecule has 0 bridgehead atoms. The van der Waals surface area contributed by atoms with Crippen LogP contribution in [0.25, 0.3) is 0 Å². The van der Waals surface area contributed by atoms with E-state index in [1.807, 2.05) is 17.5 Å². The third-order valence-electron chi connectivity index (χ3n) is 4.56. The Morgan fingerprint density at radius 3 is 2.34 bits per heavy atom. The molecule has 1 heterocycles. The molecule has 2 aromatic carbocycles. The van der Waals surface area contributed by atoms with Crippen LogP contribution in [0.5, 0.6) is 11.5 Å². The number of benzene rings is 2. The van der Waals surface area contributed by atoms with Crippen LogP contribution >= 0.6 is 11.3 Å². The van der Waals surface area contributed by atoms with Gasteiger partial charge < -0.3 is 20.1 Å². The Hall–Kier alpha value is -3.92. The highest BCUT2D eigenvalue weighted by Crippen LogP contribution is 2.34. The van der Waals surface area contributed by atoms with Gasteiger partial charge in [0, 0.05) is 16.6 Å². The molecule has 0 atom stereocenters. The van der Waals surface area contributed by atoms with Crippen molar-refractivity contribution in [2.45, 2.75) is 13.0 Å². The Bertz CT molecular complexity index is 1110. The normalized spacial score (nSPS) is 10.3. The number of nitrogens with one attached hydrogen (secondary N) is 2. The molecule has 0 saturated carbocycles. The number of hydrogen-bond donors (Lipinski definition) is 2. The molecule has 0 spiro atoms. The van der Waals surface area contributed by atoms with Crippen LogP contribution in [-0.4, -0.2) is 31.0 Å². The molecule has 0 radical (unpaired) electrons. The summed E-state index contributed by atoms with van der Waals surface area (Å²) in [6, 6.07) is 13.0. The number of carbonyl (C=O) groups excluding carboxylic acids is 2. The maximum absolute atomic E-state index is 12.7. The number of methoxy groups -OCH3 is 2. The molecule has 3 rings (SSSR count). The van der Waals surface area contributed by atoms with Gasteiger partial charge in [0.05, 0.1) is 38.2 Å². The Morgan fingerprint density at radius 2 is 1.75 bits per heavy atom. The second-order valence-electron chi connectivity index (χ2n) is 6.67. The summed E-state index contributed by atoms with van der Waals surface area (Å²) >= 11 is 1.57. The molecule has 32 heavy (non-hydrogen) atoms. The number of carbonyl (C=O) groups is 2. The molecule has 0 aliphatic heterocycles. The van der Waals surface area contributed by atoms with Crippen LogP contribution in [-0.2, 0) is 17.8 Å². The van der Waals surface area contributed by atoms with Crippen molar-refractivity contribution in [3.05, 3.63) is 80.0 Å². The lowest BCUT2D eigenvalue weighted by molar-refractivity contribution is -0.385. The number of thiophene rings is 1. The van der Waals surface area contributed by atoms with Crippen LogP contribution in [0.15, 0.2) is 53.9 Å². The molecule has 166 valence electrons. The highest BCUT2D eigenvalue weighted by atomic mass is 32.1. The largest absolute Gasteiger partial charge is 0.493 e. The van der Waals surface area contributed by atoms with Crippen LogP contribution in [0.3, 0.4) is 0 Å². The minimum atomic E-state index is -0.668. The second-order valence-corrected chi connectivity index (χ2v) is 7.70. The van der Waals surface area contributed by atoms with E-state index in [2.05, 4.69) is 10.6 Å². The maximum Gasteiger partial charge on any atom is 0.286 e. The fourth-order valence-electron chi connectivity index (χ4n) is 2.95. The van der Waals surface area contributed by atoms with E-state index >= 15 is 0 Å². The van der Waals surface area contributed by atoms with Crippen molar-refractivity contribution in [1.29, 1.82) is 0 Å². The van der Waals surface area contributed by atoms with Crippen molar-refractivity contribution in [1.82, 2.24) is 5.32 Å². The maximum atomic E-state index is 12.7. The van der Waals surface area contributed by atoms with Crippen molar-refractivity contribution >= 4 is 34.5 Å². The monoisotopic (exact) mass is 455 g/mol. The van der Waals surface area contributed by atoms with Gasteiger partial charge in [0.2, 0.25) is 5.91 Å². The summed E-state index contributed by atoms with van der Waals surface area (Å²) < 4.78 is 10.2. The summed E-state index contributed by atoms with van der Waals surface area (Å²) in [4.78, 5) is 36.6. The number of nitro groups is 1. The summed E-state index contributed by atoms with van der Waals surface area (Å²) in [5.74, 6) is -0.431. The molecular weight excluding hydrogens is 434 g/mol. The van der Waals surface area contributed by atoms with Crippen LogP contribution < -0.4 is 20.1 Å². The third-order valence-corrected chi connectivity index (χ3v) is 5.44. The SMILES string of the molecule is COc1cc(C(=O)Nc2ccc(CC(=O)NCc3cccs3)cc2)c([N+](=O)[O-])cc1OC. The molecule has 0 fully saturated rings.